The number of furan rings is 1. The maximum absolute atomic E-state index is 12.7. The smallest absolute Gasteiger partial charge is 0.306 e. The third kappa shape index (κ3) is 29.4. The first-order chi connectivity index (χ1) is 27.8. The van der Waals surface area contributed by atoms with E-state index in [1.54, 1.807) is 0 Å². The number of carbonyl (C=O) groups excluding carboxylic acids is 2. The number of likely N-dealkylation sites (N-methyl/N-ethyl adjacent to an activating group) is 1. The number of quaternary nitrogens is 1. The molecule has 1 N–H and O–H groups in total. The summed E-state index contributed by atoms with van der Waals surface area (Å²) < 4.78 is 39.9. The van der Waals surface area contributed by atoms with Crippen molar-refractivity contribution in [3.8, 4) is 0 Å². The SMILES string of the molecule is CCCc1oc(CCCCCCCCC(=O)OC[C@H](COP(=O)([O-])OCC[N+](C)(C)C)OC(=O)CCC/C=C\C/C=C\C/C=C\C/C=C\CCCCCO)c(C)c1C. The van der Waals surface area contributed by atoms with Gasteiger partial charge < -0.3 is 37.4 Å². The topological polar surface area (TPSA) is 145 Å². The van der Waals surface area contributed by atoms with E-state index in [0.717, 1.165) is 108 Å². The molecule has 0 amide bonds. The summed E-state index contributed by atoms with van der Waals surface area (Å²) in [7, 11) is 1.08. The molecule has 1 aromatic heterocycles. The molecule has 0 radical (unpaired) electrons. The third-order valence-corrected chi connectivity index (χ3v) is 10.5. The largest absolute Gasteiger partial charge is 0.756 e. The molecule has 0 aliphatic carbocycles. The zero-order valence-electron chi connectivity index (χ0n) is 36.9. The molecule has 58 heavy (non-hydrogen) atoms. The lowest BCUT2D eigenvalue weighted by atomic mass is 10.0. The molecule has 1 aromatic rings. The lowest BCUT2D eigenvalue weighted by Gasteiger charge is -2.28. The quantitative estimate of drug-likeness (QED) is 0.0228. The van der Waals surface area contributed by atoms with Crippen LogP contribution in [0.15, 0.2) is 53.0 Å². The predicted molar refractivity (Wildman–Crippen MR) is 231 cm³/mol. The highest BCUT2D eigenvalue weighted by atomic mass is 31.2. The number of phosphoric ester groups is 1. The fourth-order valence-electron chi connectivity index (χ4n) is 5.91. The standard InChI is InChI=1S/C46H78NO10P/c1-7-31-43-40(2)41(3)44(57-43)32-27-23-20-21-24-28-33-45(49)53-38-42(39-55-58(51,52)54-37-35-47(4,5)6)56-46(50)34-29-25-19-17-15-13-11-9-8-10-12-14-16-18-22-26-30-36-48/h8,10-11,13-14,16-17,19,42,48H,7,9,12,15,18,20-39H2,1-6H3/b10-8-,13-11-,16-14-,19-17-/t42-/m1/s1. The van der Waals surface area contributed by atoms with Crippen molar-refractivity contribution in [2.45, 2.75) is 155 Å². The van der Waals surface area contributed by atoms with Crippen molar-refractivity contribution < 1.29 is 51.6 Å². The average Bonchev–Trinajstić information content (AvgIpc) is 3.43. The molecule has 0 fully saturated rings. The van der Waals surface area contributed by atoms with Gasteiger partial charge in [-0.2, -0.15) is 0 Å². The van der Waals surface area contributed by atoms with E-state index in [9.17, 15) is 19.0 Å². The second-order valence-electron chi connectivity index (χ2n) is 16.0. The van der Waals surface area contributed by atoms with Crippen LogP contribution in [-0.4, -0.2) is 81.7 Å². The lowest BCUT2D eigenvalue weighted by molar-refractivity contribution is -0.870. The van der Waals surface area contributed by atoms with E-state index in [4.69, 9.17) is 28.0 Å². The third-order valence-electron chi connectivity index (χ3n) is 9.58. The van der Waals surface area contributed by atoms with Crippen molar-refractivity contribution in [3.63, 3.8) is 0 Å². The molecule has 0 aliphatic rings. The van der Waals surface area contributed by atoms with E-state index < -0.39 is 32.5 Å². The minimum absolute atomic E-state index is 0.0562. The van der Waals surface area contributed by atoms with Gasteiger partial charge in [0.15, 0.2) is 6.10 Å². The Morgan fingerprint density at radius 3 is 1.84 bits per heavy atom. The van der Waals surface area contributed by atoms with Crippen molar-refractivity contribution in [2.75, 3.05) is 54.1 Å². The maximum Gasteiger partial charge on any atom is 0.306 e. The number of esters is 2. The minimum Gasteiger partial charge on any atom is -0.756 e. The van der Waals surface area contributed by atoms with Crippen LogP contribution < -0.4 is 4.89 Å². The molecule has 0 saturated heterocycles. The summed E-state index contributed by atoms with van der Waals surface area (Å²) >= 11 is 0. The Morgan fingerprint density at radius 2 is 1.24 bits per heavy atom. The number of aryl methyl sites for hydroxylation is 2. The summed E-state index contributed by atoms with van der Waals surface area (Å²) in [6.07, 6.45) is 33.1. The van der Waals surface area contributed by atoms with Gasteiger partial charge in [0.25, 0.3) is 7.82 Å². The van der Waals surface area contributed by atoms with Gasteiger partial charge in [-0.05, 0) is 95.6 Å². The Labute approximate surface area is 351 Å². The molecule has 2 atom stereocenters. The van der Waals surface area contributed by atoms with Gasteiger partial charge in [-0.1, -0.05) is 87.6 Å². The number of ether oxygens (including phenoxy) is 2. The summed E-state index contributed by atoms with van der Waals surface area (Å²) in [5, 5.41) is 8.80. The van der Waals surface area contributed by atoms with Crippen LogP contribution >= 0.6 is 7.82 Å². The first kappa shape index (κ1) is 53.2. The number of unbranched alkanes of at least 4 members (excludes halogenated alkanes) is 9. The van der Waals surface area contributed by atoms with Gasteiger partial charge in [0, 0.05) is 32.3 Å². The highest BCUT2D eigenvalue weighted by Crippen LogP contribution is 2.38. The van der Waals surface area contributed by atoms with Crippen molar-refractivity contribution in [1.82, 2.24) is 0 Å². The Morgan fingerprint density at radius 1 is 0.707 bits per heavy atom. The monoisotopic (exact) mass is 836 g/mol. The minimum atomic E-state index is -4.66. The van der Waals surface area contributed by atoms with E-state index in [1.165, 1.54) is 11.1 Å². The zero-order chi connectivity index (χ0) is 42.9. The first-order valence-electron chi connectivity index (χ1n) is 21.8. The summed E-state index contributed by atoms with van der Waals surface area (Å²) in [5.41, 5.74) is 2.56. The fourth-order valence-corrected chi connectivity index (χ4v) is 6.64. The molecular formula is C46H78NO10P. The molecule has 11 nitrogen and oxygen atoms in total. The van der Waals surface area contributed by atoms with Crippen LogP contribution in [0.5, 0.6) is 0 Å². The molecule has 1 rings (SSSR count). The molecule has 0 bridgehead atoms. The van der Waals surface area contributed by atoms with Crippen molar-refractivity contribution in [3.05, 3.63) is 71.3 Å². The number of hydrogen-bond donors (Lipinski definition) is 1. The van der Waals surface area contributed by atoms with E-state index in [2.05, 4.69) is 63.3 Å². The Hall–Kier alpha value is -2.79. The Kier molecular flexibility index (Phi) is 30.3. The van der Waals surface area contributed by atoms with Crippen LogP contribution in [0.1, 0.15) is 145 Å². The number of aliphatic hydroxyl groups is 1. The van der Waals surface area contributed by atoms with E-state index >= 15 is 0 Å². The highest BCUT2D eigenvalue weighted by molar-refractivity contribution is 7.45. The van der Waals surface area contributed by atoms with Crippen molar-refractivity contribution in [2.24, 2.45) is 0 Å². The number of rotatable bonds is 36. The van der Waals surface area contributed by atoms with Gasteiger partial charge in [0.2, 0.25) is 0 Å². The number of phosphoric acid groups is 1. The normalized spacial score (nSPS) is 14.0. The summed E-state index contributed by atoms with van der Waals surface area (Å²) in [6, 6.07) is 0. The molecule has 1 heterocycles. The number of aliphatic hydroxyl groups excluding tert-OH is 1. The first-order valence-corrected chi connectivity index (χ1v) is 23.3. The van der Waals surface area contributed by atoms with Crippen molar-refractivity contribution >= 4 is 19.8 Å². The summed E-state index contributed by atoms with van der Waals surface area (Å²) in [6.45, 7) is 6.30. The molecule has 1 unspecified atom stereocenters. The van der Waals surface area contributed by atoms with Crippen LogP contribution in [-0.2, 0) is 45.5 Å². The van der Waals surface area contributed by atoms with Gasteiger partial charge in [-0.25, -0.2) is 0 Å². The number of hydrogen-bond acceptors (Lipinski definition) is 10. The second-order valence-corrected chi connectivity index (χ2v) is 17.4. The summed E-state index contributed by atoms with van der Waals surface area (Å²) in [5.74, 6) is 1.27. The highest BCUT2D eigenvalue weighted by Gasteiger charge is 2.22. The summed E-state index contributed by atoms with van der Waals surface area (Å²) in [4.78, 5) is 37.6. The zero-order valence-corrected chi connectivity index (χ0v) is 37.8. The van der Waals surface area contributed by atoms with Crippen LogP contribution in [0.2, 0.25) is 0 Å². The fraction of sp³-hybridized carbons (Fsp3) is 0.696. The van der Waals surface area contributed by atoms with Gasteiger partial charge in [-0.3, -0.25) is 14.2 Å². The lowest BCUT2D eigenvalue weighted by Crippen LogP contribution is -2.37. The van der Waals surface area contributed by atoms with Crippen LogP contribution in [0.3, 0.4) is 0 Å². The molecule has 0 aromatic carbocycles. The molecule has 0 aliphatic heterocycles. The number of carbonyl (C=O) groups is 2. The maximum atomic E-state index is 12.7. The molecule has 332 valence electrons. The second kappa shape index (κ2) is 33.0. The number of allylic oxidation sites excluding steroid dienone is 8. The van der Waals surface area contributed by atoms with E-state index in [1.807, 2.05) is 27.2 Å². The average molecular weight is 836 g/mol. The van der Waals surface area contributed by atoms with Crippen LogP contribution in [0.4, 0.5) is 0 Å². The van der Waals surface area contributed by atoms with E-state index in [0.29, 0.717) is 30.3 Å². The predicted octanol–water partition coefficient (Wildman–Crippen LogP) is 9.90. The van der Waals surface area contributed by atoms with Crippen molar-refractivity contribution in [1.29, 1.82) is 0 Å². The molecule has 12 heteroatoms. The Bertz CT molecular complexity index is 1410. The molecular weight excluding hydrogens is 757 g/mol. The molecule has 0 saturated carbocycles. The van der Waals surface area contributed by atoms with Gasteiger partial charge in [0.1, 0.15) is 31.3 Å². The van der Waals surface area contributed by atoms with Crippen LogP contribution in [0, 0.1) is 13.8 Å². The number of nitrogens with zero attached hydrogens (tertiary/aromatic N) is 1. The van der Waals surface area contributed by atoms with Gasteiger partial charge in [-0.15, -0.1) is 0 Å². The Balaban J connectivity index is 2.40. The van der Waals surface area contributed by atoms with Crippen LogP contribution in [0.25, 0.3) is 0 Å². The van der Waals surface area contributed by atoms with E-state index in [-0.39, 0.29) is 32.7 Å². The van der Waals surface area contributed by atoms with Gasteiger partial charge in [0.05, 0.1) is 27.7 Å². The molecule has 0 spiro atoms. The van der Waals surface area contributed by atoms with Gasteiger partial charge >= 0.3 is 11.9 Å².